The van der Waals surface area contributed by atoms with Gasteiger partial charge in [0.05, 0.1) is 11.3 Å². The van der Waals surface area contributed by atoms with E-state index in [1.165, 1.54) is 0 Å². The normalized spacial score (nSPS) is 14.1. The quantitative estimate of drug-likeness (QED) is 0.738. The van der Waals surface area contributed by atoms with Crippen molar-refractivity contribution in [3.63, 3.8) is 0 Å². The van der Waals surface area contributed by atoms with Gasteiger partial charge in [-0.1, -0.05) is 30.3 Å². The van der Waals surface area contributed by atoms with Crippen LogP contribution in [-0.4, -0.2) is 30.4 Å². The molecule has 1 atom stereocenters. The van der Waals surface area contributed by atoms with E-state index in [1.54, 1.807) is 48.5 Å². The van der Waals surface area contributed by atoms with Gasteiger partial charge in [0.15, 0.2) is 6.61 Å². The molecule has 0 aliphatic heterocycles. The number of nitrogens with one attached hydrogen (secondary N) is 2. The van der Waals surface area contributed by atoms with Crippen molar-refractivity contribution in [3.05, 3.63) is 65.7 Å². The molecule has 0 unspecified atom stereocenters. The Morgan fingerprint density at radius 2 is 1.70 bits per heavy atom. The molecule has 2 aromatic rings. The number of carbonyl (C=O) groups is 3. The maximum atomic E-state index is 12.4. The molecule has 1 aliphatic rings. The van der Waals surface area contributed by atoms with Gasteiger partial charge in [0.2, 0.25) is 0 Å². The summed E-state index contributed by atoms with van der Waals surface area (Å²) in [6.07, 6.45) is 2.24. The van der Waals surface area contributed by atoms with E-state index in [-0.39, 0.29) is 30.0 Å². The predicted molar refractivity (Wildman–Crippen MR) is 101 cm³/mol. The second kappa shape index (κ2) is 8.49. The Morgan fingerprint density at radius 3 is 2.41 bits per heavy atom. The highest BCUT2D eigenvalue weighted by Crippen LogP contribution is 2.32. The van der Waals surface area contributed by atoms with E-state index in [0.29, 0.717) is 17.2 Å². The summed E-state index contributed by atoms with van der Waals surface area (Å²) >= 11 is 0. The van der Waals surface area contributed by atoms with Gasteiger partial charge in [-0.15, -0.1) is 0 Å². The van der Waals surface area contributed by atoms with Gasteiger partial charge >= 0.3 is 5.97 Å². The molecule has 2 aromatic carbocycles. The first kappa shape index (κ1) is 18.6. The lowest BCUT2D eigenvalue weighted by molar-refractivity contribution is -0.124. The molecule has 2 N–H and O–H groups in total. The number of rotatable bonds is 7. The van der Waals surface area contributed by atoms with Gasteiger partial charge in [-0.3, -0.25) is 9.59 Å². The van der Waals surface area contributed by atoms with Gasteiger partial charge in [0.25, 0.3) is 11.8 Å². The number of esters is 1. The van der Waals surface area contributed by atoms with Gasteiger partial charge < -0.3 is 15.4 Å². The number of hydrogen-bond acceptors (Lipinski definition) is 4. The molecular formula is C21H22N2O4. The number of anilines is 1. The lowest BCUT2D eigenvalue weighted by atomic mass is 10.1. The smallest absolute Gasteiger partial charge is 0.340 e. The Kier molecular flexibility index (Phi) is 5.86. The van der Waals surface area contributed by atoms with Gasteiger partial charge in [0, 0.05) is 11.6 Å². The summed E-state index contributed by atoms with van der Waals surface area (Å²) < 4.78 is 5.12. The molecule has 0 spiro atoms. The molecule has 0 bridgehead atoms. The van der Waals surface area contributed by atoms with E-state index < -0.39 is 5.97 Å². The van der Waals surface area contributed by atoms with Crippen molar-refractivity contribution >= 4 is 23.5 Å². The lowest BCUT2D eigenvalue weighted by Gasteiger charge is -2.14. The summed E-state index contributed by atoms with van der Waals surface area (Å²) in [5.74, 6) is -0.785. The zero-order chi connectivity index (χ0) is 19.2. The molecule has 0 saturated heterocycles. The average Bonchev–Trinajstić information content (AvgIpc) is 3.52. The van der Waals surface area contributed by atoms with Crippen LogP contribution in [0.4, 0.5) is 5.69 Å². The first-order chi connectivity index (χ1) is 13.0. The number of para-hydroxylation sites is 1. The van der Waals surface area contributed by atoms with Crippen molar-refractivity contribution in [1.82, 2.24) is 5.32 Å². The molecule has 0 heterocycles. The zero-order valence-electron chi connectivity index (χ0n) is 15.1. The summed E-state index contributed by atoms with van der Waals surface area (Å²) in [6, 6.07) is 15.3. The number of benzene rings is 2. The molecule has 2 amide bonds. The van der Waals surface area contributed by atoms with Crippen molar-refractivity contribution < 1.29 is 19.1 Å². The Bertz CT molecular complexity index is 831. The largest absolute Gasteiger partial charge is 0.452 e. The molecule has 3 rings (SSSR count). The second-order valence-electron chi connectivity index (χ2n) is 6.64. The van der Waals surface area contributed by atoms with Crippen LogP contribution in [0.3, 0.4) is 0 Å². The highest BCUT2D eigenvalue weighted by molar-refractivity contribution is 6.08. The van der Waals surface area contributed by atoms with E-state index >= 15 is 0 Å². The van der Waals surface area contributed by atoms with E-state index in [0.717, 1.165) is 12.8 Å². The Balaban J connectivity index is 1.59. The summed E-state index contributed by atoms with van der Waals surface area (Å²) in [4.78, 5) is 36.6. The third-order valence-corrected chi connectivity index (χ3v) is 4.48. The minimum atomic E-state index is -0.659. The van der Waals surface area contributed by atoms with Gasteiger partial charge in [-0.25, -0.2) is 4.79 Å². The third kappa shape index (κ3) is 5.17. The highest BCUT2D eigenvalue weighted by Gasteiger charge is 2.29. The van der Waals surface area contributed by atoms with Crippen molar-refractivity contribution in [3.8, 4) is 0 Å². The molecule has 6 heteroatoms. The zero-order valence-corrected chi connectivity index (χ0v) is 15.1. The van der Waals surface area contributed by atoms with E-state index in [1.807, 2.05) is 13.0 Å². The number of carbonyl (C=O) groups excluding carboxylic acids is 3. The van der Waals surface area contributed by atoms with Crippen molar-refractivity contribution in [2.45, 2.75) is 25.8 Å². The highest BCUT2D eigenvalue weighted by atomic mass is 16.5. The van der Waals surface area contributed by atoms with Crippen LogP contribution in [0.15, 0.2) is 54.6 Å². The van der Waals surface area contributed by atoms with Crippen LogP contribution in [0.2, 0.25) is 0 Å². The van der Waals surface area contributed by atoms with Crippen LogP contribution in [0.5, 0.6) is 0 Å². The standard InChI is InChI=1S/C21H22N2O4/c1-14(15-11-12-15)22-19(24)13-27-21(26)17-9-5-6-10-18(17)23-20(25)16-7-3-2-4-8-16/h2-10,14-15H,11-13H2,1H3,(H,22,24)(H,23,25)/t14-/m0/s1. The average molecular weight is 366 g/mol. The first-order valence-electron chi connectivity index (χ1n) is 8.96. The van der Waals surface area contributed by atoms with Gasteiger partial charge in [0.1, 0.15) is 0 Å². The Labute approximate surface area is 157 Å². The van der Waals surface area contributed by atoms with E-state index in [9.17, 15) is 14.4 Å². The molecule has 0 aromatic heterocycles. The second-order valence-corrected chi connectivity index (χ2v) is 6.64. The fourth-order valence-electron chi connectivity index (χ4n) is 2.77. The fraction of sp³-hybridized carbons (Fsp3) is 0.286. The molecule has 27 heavy (non-hydrogen) atoms. The predicted octanol–water partition coefficient (Wildman–Crippen LogP) is 3.01. The van der Waals surface area contributed by atoms with Crippen LogP contribution in [0.25, 0.3) is 0 Å². The van der Waals surface area contributed by atoms with E-state index in [2.05, 4.69) is 10.6 Å². The van der Waals surface area contributed by atoms with Crippen molar-refractivity contribution in [2.24, 2.45) is 5.92 Å². The number of amides is 2. The molecule has 1 aliphatic carbocycles. The van der Waals surface area contributed by atoms with Crippen LogP contribution >= 0.6 is 0 Å². The molecule has 140 valence electrons. The SMILES string of the molecule is C[C@H](NC(=O)COC(=O)c1ccccc1NC(=O)c1ccccc1)C1CC1. The molecular weight excluding hydrogens is 344 g/mol. The molecule has 1 fully saturated rings. The summed E-state index contributed by atoms with van der Waals surface area (Å²) in [6.45, 7) is 1.60. The van der Waals surface area contributed by atoms with Crippen LogP contribution in [0, 0.1) is 5.92 Å². The summed E-state index contributed by atoms with van der Waals surface area (Å²) in [5, 5.41) is 5.54. The van der Waals surface area contributed by atoms with Crippen LogP contribution in [-0.2, 0) is 9.53 Å². The lowest BCUT2D eigenvalue weighted by Crippen LogP contribution is -2.37. The van der Waals surface area contributed by atoms with Crippen molar-refractivity contribution in [1.29, 1.82) is 0 Å². The molecule has 6 nitrogen and oxygen atoms in total. The minimum Gasteiger partial charge on any atom is -0.452 e. The van der Waals surface area contributed by atoms with Crippen LogP contribution in [0.1, 0.15) is 40.5 Å². The fourth-order valence-corrected chi connectivity index (χ4v) is 2.77. The maximum absolute atomic E-state index is 12.4. The first-order valence-corrected chi connectivity index (χ1v) is 8.96. The van der Waals surface area contributed by atoms with Crippen LogP contribution < -0.4 is 10.6 Å². The number of ether oxygens (including phenoxy) is 1. The number of hydrogen-bond donors (Lipinski definition) is 2. The summed E-state index contributed by atoms with van der Waals surface area (Å²) in [5.41, 5.74) is 1.02. The Hall–Kier alpha value is -3.15. The monoisotopic (exact) mass is 366 g/mol. The van der Waals surface area contributed by atoms with Gasteiger partial charge in [-0.05, 0) is 49.9 Å². The van der Waals surface area contributed by atoms with Crippen molar-refractivity contribution in [2.75, 3.05) is 11.9 Å². The maximum Gasteiger partial charge on any atom is 0.340 e. The van der Waals surface area contributed by atoms with E-state index in [4.69, 9.17) is 4.74 Å². The topological polar surface area (TPSA) is 84.5 Å². The third-order valence-electron chi connectivity index (χ3n) is 4.48. The minimum absolute atomic E-state index is 0.0913. The summed E-state index contributed by atoms with van der Waals surface area (Å²) in [7, 11) is 0. The van der Waals surface area contributed by atoms with Gasteiger partial charge in [-0.2, -0.15) is 0 Å². The molecule has 0 radical (unpaired) electrons. The molecule has 1 saturated carbocycles. The Morgan fingerprint density at radius 1 is 1.04 bits per heavy atom.